The first kappa shape index (κ1) is 6.53. The third-order valence-electron chi connectivity index (χ3n) is 2.41. The lowest BCUT2D eigenvalue weighted by Gasteiger charge is -2.10. The van der Waals surface area contributed by atoms with Crippen LogP contribution in [0.2, 0.25) is 0 Å². The third kappa shape index (κ3) is 1.09. The molecule has 0 spiro atoms. The first-order chi connectivity index (χ1) is 6.20. The van der Waals surface area contributed by atoms with Crippen molar-refractivity contribution >= 4 is 5.69 Å². The molecule has 1 N–H and O–H groups in total. The van der Waals surface area contributed by atoms with E-state index in [1.54, 1.807) is 0 Å². The van der Waals surface area contributed by atoms with Crippen molar-refractivity contribution in [2.45, 2.75) is 26.2 Å². The fraction of sp³-hybridized carbons (Fsp3) is 0.455. The van der Waals surface area contributed by atoms with E-state index in [1.165, 1.54) is 16.8 Å². The Morgan fingerprint density at radius 3 is 3.17 bits per heavy atom. The summed E-state index contributed by atoms with van der Waals surface area (Å²) in [5, 5.41) is 3.34. The van der Waals surface area contributed by atoms with Gasteiger partial charge in [-0.1, -0.05) is 26.0 Å². The summed E-state index contributed by atoms with van der Waals surface area (Å²) in [4.78, 5) is 0. The Morgan fingerprint density at radius 1 is 1.58 bits per heavy atom. The summed E-state index contributed by atoms with van der Waals surface area (Å²) in [6.45, 7) is 5.34. The van der Waals surface area contributed by atoms with Gasteiger partial charge in [0.2, 0.25) is 0 Å². The summed E-state index contributed by atoms with van der Waals surface area (Å²) in [6, 6.07) is 4.61. The highest BCUT2D eigenvalue weighted by Crippen LogP contribution is 2.29. The topological polar surface area (TPSA) is 12.0 Å². The molecule has 0 unspecified atom stereocenters. The molecule has 1 aliphatic heterocycles. The Labute approximate surface area is 75.2 Å². The molecule has 1 aliphatic rings. The van der Waals surface area contributed by atoms with Gasteiger partial charge in [-0.2, -0.15) is 0 Å². The molecule has 1 heterocycles. The van der Waals surface area contributed by atoms with E-state index in [9.17, 15) is 0 Å². The number of nitrogens with one attached hydrogen (secondary N) is 1. The van der Waals surface area contributed by atoms with Gasteiger partial charge in [-0.05, 0) is 29.5 Å². The van der Waals surface area contributed by atoms with E-state index in [0.29, 0.717) is 12.0 Å². The van der Waals surface area contributed by atoms with Crippen molar-refractivity contribution < 1.29 is 1.37 Å². The molecule has 1 aromatic carbocycles. The summed E-state index contributed by atoms with van der Waals surface area (Å²) >= 11 is 0. The summed E-state index contributed by atoms with van der Waals surface area (Å²) in [5.41, 5.74) is 3.82. The SMILES string of the molecule is [3H]c1ccc2c(c1C(C)C)CCN2. The van der Waals surface area contributed by atoms with Crippen molar-refractivity contribution in [3.05, 3.63) is 29.3 Å². The average molecular weight is 163 g/mol. The predicted molar refractivity (Wildman–Crippen MR) is 52.7 cm³/mol. The Morgan fingerprint density at radius 2 is 2.42 bits per heavy atom. The Bertz CT molecular complexity index is 331. The molecule has 64 valence electrons. The van der Waals surface area contributed by atoms with E-state index in [-0.39, 0.29) is 0 Å². The van der Waals surface area contributed by atoms with Crippen LogP contribution < -0.4 is 5.32 Å². The van der Waals surface area contributed by atoms with Crippen molar-refractivity contribution in [3.8, 4) is 0 Å². The molecule has 1 heteroatoms. The first-order valence-electron chi connectivity index (χ1n) is 5.06. The van der Waals surface area contributed by atoms with Crippen molar-refractivity contribution in [3.63, 3.8) is 0 Å². The fourth-order valence-corrected chi connectivity index (χ4v) is 1.82. The van der Waals surface area contributed by atoms with E-state index in [0.717, 1.165) is 13.0 Å². The number of benzene rings is 1. The molecule has 0 aromatic heterocycles. The normalized spacial score (nSPS) is 15.8. The molecule has 0 bridgehead atoms. The molecular formula is C11H15N. The van der Waals surface area contributed by atoms with Crippen LogP contribution in [-0.4, -0.2) is 6.54 Å². The van der Waals surface area contributed by atoms with Gasteiger partial charge in [-0.15, -0.1) is 0 Å². The molecular weight excluding hydrogens is 146 g/mol. The van der Waals surface area contributed by atoms with E-state index >= 15 is 0 Å². The number of rotatable bonds is 1. The monoisotopic (exact) mass is 163 g/mol. The standard InChI is InChI=1S/C11H15N/c1-8(2)9-4-3-5-11-10(9)6-7-12-11/h3-5,8,12H,6-7H2,1-2H3/i4T. The summed E-state index contributed by atoms with van der Waals surface area (Å²) < 4.78 is 7.84. The zero-order chi connectivity index (χ0) is 9.42. The average Bonchev–Trinajstić information content (AvgIpc) is 2.50. The van der Waals surface area contributed by atoms with Crippen molar-refractivity contribution in [1.29, 1.82) is 0 Å². The molecule has 1 nitrogen and oxygen atoms in total. The van der Waals surface area contributed by atoms with Crippen LogP contribution in [-0.2, 0) is 6.42 Å². The number of hydrogen-bond donors (Lipinski definition) is 1. The lowest BCUT2D eigenvalue weighted by Crippen LogP contribution is -1.93. The van der Waals surface area contributed by atoms with Gasteiger partial charge in [-0.3, -0.25) is 0 Å². The number of anilines is 1. The minimum atomic E-state index is 0.461. The highest BCUT2D eigenvalue weighted by Gasteiger charge is 2.14. The highest BCUT2D eigenvalue weighted by molar-refractivity contribution is 5.59. The highest BCUT2D eigenvalue weighted by atomic mass is 14.9. The number of hydrogen-bond acceptors (Lipinski definition) is 1. The Balaban J connectivity index is 2.58. The fourth-order valence-electron chi connectivity index (χ4n) is 1.82. The minimum absolute atomic E-state index is 0.461. The van der Waals surface area contributed by atoms with Crippen LogP contribution in [0.25, 0.3) is 0 Å². The van der Waals surface area contributed by atoms with Crippen LogP contribution in [0.15, 0.2) is 18.2 Å². The molecule has 0 fully saturated rings. The second-order valence-corrected chi connectivity index (χ2v) is 3.62. The maximum atomic E-state index is 7.84. The lowest BCUT2D eigenvalue weighted by atomic mass is 9.96. The van der Waals surface area contributed by atoms with Crippen molar-refractivity contribution in [1.82, 2.24) is 0 Å². The summed E-state index contributed by atoms with van der Waals surface area (Å²) in [6.07, 6.45) is 1.08. The second-order valence-electron chi connectivity index (χ2n) is 3.62. The first-order valence-corrected chi connectivity index (χ1v) is 4.56. The summed E-state index contributed by atoms with van der Waals surface area (Å²) in [7, 11) is 0. The maximum absolute atomic E-state index is 7.84. The minimum Gasteiger partial charge on any atom is -0.384 e. The molecule has 12 heavy (non-hydrogen) atoms. The third-order valence-corrected chi connectivity index (χ3v) is 2.41. The lowest BCUT2D eigenvalue weighted by molar-refractivity contribution is 0.849. The van der Waals surface area contributed by atoms with Crippen LogP contribution in [0.5, 0.6) is 0 Å². The molecule has 0 saturated carbocycles. The van der Waals surface area contributed by atoms with Gasteiger partial charge >= 0.3 is 0 Å². The quantitative estimate of drug-likeness (QED) is 0.671. The number of fused-ring (bicyclic) bond motifs is 1. The second kappa shape index (κ2) is 2.81. The van der Waals surface area contributed by atoms with Crippen LogP contribution in [0.3, 0.4) is 0 Å². The molecule has 0 radical (unpaired) electrons. The van der Waals surface area contributed by atoms with E-state index in [2.05, 4.69) is 19.2 Å². The van der Waals surface area contributed by atoms with E-state index < -0.39 is 0 Å². The van der Waals surface area contributed by atoms with Crippen LogP contribution >= 0.6 is 0 Å². The zero-order valence-corrected chi connectivity index (χ0v) is 7.65. The smallest absolute Gasteiger partial charge is 0.0626 e. The zero-order valence-electron chi connectivity index (χ0n) is 8.65. The van der Waals surface area contributed by atoms with Crippen LogP contribution in [0.1, 0.15) is 32.3 Å². The molecule has 2 rings (SSSR count). The molecule has 1 aromatic rings. The van der Waals surface area contributed by atoms with Gasteiger partial charge in [0.25, 0.3) is 0 Å². The molecule has 0 atom stereocenters. The largest absolute Gasteiger partial charge is 0.384 e. The Kier molecular flexibility index (Phi) is 1.53. The van der Waals surface area contributed by atoms with Gasteiger partial charge in [0.05, 0.1) is 1.37 Å². The van der Waals surface area contributed by atoms with E-state index in [4.69, 9.17) is 1.37 Å². The van der Waals surface area contributed by atoms with E-state index in [1.807, 2.05) is 12.1 Å². The predicted octanol–water partition coefficient (Wildman–Crippen LogP) is 2.78. The van der Waals surface area contributed by atoms with Gasteiger partial charge in [0, 0.05) is 12.2 Å². The van der Waals surface area contributed by atoms with Gasteiger partial charge in [0.15, 0.2) is 0 Å². The van der Waals surface area contributed by atoms with Gasteiger partial charge in [-0.25, -0.2) is 0 Å². The van der Waals surface area contributed by atoms with Crippen LogP contribution in [0, 0.1) is 0 Å². The van der Waals surface area contributed by atoms with Crippen molar-refractivity contribution in [2.24, 2.45) is 0 Å². The van der Waals surface area contributed by atoms with Crippen molar-refractivity contribution in [2.75, 3.05) is 11.9 Å². The van der Waals surface area contributed by atoms with Gasteiger partial charge < -0.3 is 5.32 Å². The van der Waals surface area contributed by atoms with Crippen LogP contribution in [0.4, 0.5) is 5.69 Å². The van der Waals surface area contributed by atoms with Gasteiger partial charge in [0.1, 0.15) is 0 Å². The molecule has 0 aliphatic carbocycles. The Hall–Kier alpha value is -0.980. The molecule has 0 saturated heterocycles. The summed E-state index contributed by atoms with van der Waals surface area (Å²) in [5.74, 6) is 0.461. The molecule has 0 amide bonds. The maximum Gasteiger partial charge on any atom is 0.0626 e.